The fourth-order valence-corrected chi connectivity index (χ4v) is 6.01. The molecule has 1 N–H and O–H groups in total. The zero-order valence-electron chi connectivity index (χ0n) is 21.2. The highest BCUT2D eigenvalue weighted by atomic mass is 32.2. The van der Waals surface area contributed by atoms with Gasteiger partial charge in [0.15, 0.2) is 0 Å². The third-order valence-electron chi connectivity index (χ3n) is 6.94. The Bertz CT molecular complexity index is 1020. The van der Waals surface area contributed by atoms with E-state index >= 15 is 0 Å². The van der Waals surface area contributed by atoms with Gasteiger partial charge in [0.2, 0.25) is 0 Å². The summed E-state index contributed by atoms with van der Waals surface area (Å²) in [5.74, 6) is 0. The van der Waals surface area contributed by atoms with Gasteiger partial charge in [-0.1, -0.05) is 53.4 Å². The van der Waals surface area contributed by atoms with E-state index in [1.807, 2.05) is 13.8 Å². The molecule has 3 nitrogen and oxygen atoms in total. The number of rotatable bonds is 13. The van der Waals surface area contributed by atoms with E-state index in [9.17, 15) is 13.0 Å². The van der Waals surface area contributed by atoms with Crippen LogP contribution in [0.4, 0.5) is 0 Å². The van der Waals surface area contributed by atoms with Crippen molar-refractivity contribution >= 4 is 20.9 Å². The molecule has 0 bridgehead atoms. The molecular weight excluding hydrogens is 416 g/mol. The third-order valence-corrected chi connectivity index (χ3v) is 7.98. The van der Waals surface area contributed by atoms with Gasteiger partial charge >= 0.3 is 0 Å². The molecule has 0 unspecified atom stereocenters. The zero-order valence-corrected chi connectivity index (χ0v) is 22.1. The van der Waals surface area contributed by atoms with Crippen molar-refractivity contribution in [2.24, 2.45) is 0 Å². The maximum absolute atomic E-state index is 12.6. The Balaban J connectivity index is 3.08. The minimum Gasteiger partial charge on any atom is -0.282 e. The predicted octanol–water partition coefficient (Wildman–Crippen LogP) is 8.07. The summed E-state index contributed by atoms with van der Waals surface area (Å²) in [5, 5.41) is 1.87. The van der Waals surface area contributed by atoms with Crippen LogP contribution in [0.3, 0.4) is 0 Å². The van der Waals surface area contributed by atoms with Crippen molar-refractivity contribution < 1.29 is 13.0 Å². The number of unbranched alkanes of at least 4 members (excludes halogenated alkanes) is 4. The highest BCUT2D eigenvalue weighted by molar-refractivity contribution is 7.86. The summed E-state index contributed by atoms with van der Waals surface area (Å²) in [5.41, 5.74) is 7.10. The molecule has 2 aromatic rings. The maximum Gasteiger partial charge on any atom is 0.295 e. The smallest absolute Gasteiger partial charge is 0.282 e. The van der Waals surface area contributed by atoms with Crippen molar-refractivity contribution in [3.8, 4) is 0 Å². The standard InChI is InChI=1S/C28H44O3S/c1-7-11-15-22-19-26-27(25(18-14-10-4)24(22)17-13-9-3)23(16-12-8-2)20(5)21(6)28(26)32(29,30)31/h19H,7-18H2,1-6H3,(H,29,30,31). The number of fused-ring (bicyclic) bond motifs is 1. The van der Waals surface area contributed by atoms with E-state index in [-0.39, 0.29) is 4.90 Å². The van der Waals surface area contributed by atoms with Crippen molar-refractivity contribution in [2.45, 2.75) is 123 Å². The predicted molar refractivity (Wildman–Crippen MR) is 138 cm³/mol. The molecule has 180 valence electrons. The molecule has 0 spiro atoms. The Morgan fingerprint density at radius 2 is 1.16 bits per heavy atom. The van der Waals surface area contributed by atoms with E-state index in [0.29, 0.717) is 5.56 Å². The average Bonchev–Trinajstić information content (AvgIpc) is 2.74. The van der Waals surface area contributed by atoms with Gasteiger partial charge in [0.05, 0.1) is 0 Å². The molecule has 0 aliphatic carbocycles. The Hall–Kier alpha value is -1.39. The lowest BCUT2D eigenvalue weighted by molar-refractivity contribution is 0.483. The van der Waals surface area contributed by atoms with Crippen molar-refractivity contribution in [3.05, 3.63) is 39.4 Å². The zero-order chi connectivity index (χ0) is 23.9. The van der Waals surface area contributed by atoms with Crippen LogP contribution in [-0.4, -0.2) is 13.0 Å². The van der Waals surface area contributed by atoms with Crippen molar-refractivity contribution in [2.75, 3.05) is 0 Å². The van der Waals surface area contributed by atoms with Crippen LogP contribution in [0.5, 0.6) is 0 Å². The van der Waals surface area contributed by atoms with E-state index in [4.69, 9.17) is 0 Å². The molecule has 0 saturated heterocycles. The number of benzene rings is 2. The summed E-state index contributed by atoms with van der Waals surface area (Å²) < 4.78 is 35.5. The van der Waals surface area contributed by atoms with Gasteiger partial charge < -0.3 is 0 Å². The Kier molecular flexibility index (Phi) is 10.2. The van der Waals surface area contributed by atoms with Gasteiger partial charge in [-0.3, -0.25) is 4.55 Å². The van der Waals surface area contributed by atoms with Crippen LogP contribution >= 0.6 is 0 Å². The summed E-state index contributed by atoms with van der Waals surface area (Å²) in [6.07, 6.45) is 12.8. The molecule has 2 rings (SSSR count). The molecule has 32 heavy (non-hydrogen) atoms. The topological polar surface area (TPSA) is 54.4 Å². The molecule has 0 atom stereocenters. The van der Waals surface area contributed by atoms with Crippen LogP contribution in [-0.2, 0) is 35.8 Å². The Labute approximate surface area is 196 Å². The molecule has 0 aliphatic rings. The molecule has 0 fully saturated rings. The van der Waals surface area contributed by atoms with Crippen molar-refractivity contribution in [1.82, 2.24) is 0 Å². The van der Waals surface area contributed by atoms with E-state index < -0.39 is 10.1 Å². The number of hydrogen-bond donors (Lipinski definition) is 1. The molecule has 0 amide bonds. The minimum absolute atomic E-state index is 0.128. The number of hydrogen-bond acceptors (Lipinski definition) is 2. The van der Waals surface area contributed by atoms with Gasteiger partial charge in [-0.15, -0.1) is 0 Å². The molecule has 0 saturated carbocycles. The van der Waals surface area contributed by atoms with Gasteiger partial charge in [-0.05, 0) is 110 Å². The fourth-order valence-electron chi connectivity index (χ4n) is 5.03. The van der Waals surface area contributed by atoms with Crippen molar-refractivity contribution in [1.29, 1.82) is 0 Å². The molecule has 0 heterocycles. The molecule has 4 heteroatoms. The lowest BCUT2D eigenvalue weighted by Gasteiger charge is -2.24. The van der Waals surface area contributed by atoms with E-state index in [0.717, 1.165) is 93.4 Å². The molecule has 0 aromatic heterocycles. The first-order chi connectivity index (χ1) is 15.2. The first-order valence-corrected chi connectivity index (χ1v) is 14.2. The lowest BCUT2D eigenvalue weighted by atomic mass is 9.82. The largest absolute Gasteiger partial charge is 0.295 e. The minimum atomic E-state index is -4.32. The normalized spacial score (nSPS) is 12.1. The van der Waals surface area contributed by atoms with Crippen molar-refractivity contribution in [3.63, 3.8) is 0 Å². The Morgan fingerprint density at radius 3 is 1.66 bits per heavy atom. The lowest BCUT2D eigenvalue weighted by Crippen LogP contribution is -2.11. The second-order valence-corrected chi connectivity index (χ2v) is 10.7. The van der Waals surface area contributed by atoms with E-state index in [2.05, 4.69) is 33.8 Å². The third kappa shape index (κ3) is 5.94. The summed E-state index contributed by atoms with van der Waals surface area (Å²) in [6, 6.07) is 2.12. The van der Waals surface area contributed by atoms with Crippen LogP contribution in [0, 0.1) is 13.8 Å². The van der Waals surface area contributed by atoms with E-state index in [1.165, 1.54) is 22.3 Å². The monoisotopic (exact) mass is 460 g/mol. The quantitative estimate of drug-likeness (QED) is 0.307. The summed E-state index contributed by atoms with van der Waals surface area (Å²) in [6.45, 7) is 12.7. The highest BCUT2D eigenvalue weighted by Crippen LogP contribution is 2.40. The highest BCUT2D eigenvalue weighted by Gasteiger charge is 2.26. The van der Waals surface area contributed by atoms with Crippen LogP contribution < -0.4 is 0 Å². The molecule has 2 aromatic carbocycles. The molecule has 0 radical (unpaired) electrons. The Morgan fingerprint density at radius 1 is 0.688 bits per heavy atom. The summed E-state index contributed by atoms with van der Waals surface area (Å²) in [7, 11) is -4.32. The second-order valence-electron chi connectivity index (χ2n) is 9.36. The van der Waals surface area contributed by atoms with Gasteiger partial charge in [-0.2, -0.15) is 8.42 Å². The van der Waals surface area contributed by atoms with Crippen LogP contribution in [0.1, 0.15) is 112 Å². The average molecular weight is 461 g/mol. The van der Waals surface area contributed by atoms with Crippen LogP contribution in [0.25, 0.3) is 10.8 Å². The second kappa shape index (κ2) is 12.2. The van der Waals surface area contributed by atoms with Crippen LogP contribution in [0.2, 0.25) is 0 Å². The first kappa shape index (κ1) is 26.9. The van der Waals surface area contributed by atoms with Crippen LogP contribution in [0.15, 0.2) is 11.0 Å². The van der Waals surface area contributed by atoms with Gasteiger partial charge in [0.1, 0.15) is 4.90 Å². The molecular formula is C28H44O3S. The SMILES string of the molecule is CCCCc1cc2c(S(=O)(=O)O)c(C)c(C)c(CCCC)c2c(CCCC)c1CCCC. The van der Waals surface area contributed by atoms with Gasteiger partial charge in [0, 0.05) is 5.39 Å². The summed E-state index contributed by atoms with van der Waals surface area (Å²) in [4.78, 5) is 0.128. The first-order valence-electron chi connectivity index (χ1n) is 12.8. The maximum atomic E-state index is 12.6. The van der Waals surface area contributed by atoms with Gasteiger partial charge in [-0.25, -0.2) is 0 Å². The van der Waals surface area contributed by atoms with Gasteiger partial charge in [0.25, 0.3) is 10.1 Å². The summed E-state index contributed by atoms with van der Waals surface area (Å²) >= 11 is 0. The number of aryl methyl sites for hydroxylation is 3. The molecule has 0 aliphatic heterocycles. The fraction of sp³-hybridized carbons (Fsp3) is 0.643. The van der Waals surface area contributed by atoms with E-state index in [1.54, 1.807) is 0 Å².